The van der Waals surface area contributed by atoms with Gasteiger partial charge in [0.25, 0.3) is 0 Å². The van der Waals surface area contributed by atoms with Crippen molar-refractivity contribution >= 4 is 6.34 Å². The molecule has 0 amide bonds. The highest BCUT2D eigenvalue weighted by atomic mass is 15.5. The molecule has 0 unspecified atom stereocenters. The predicted molar refractivity (Wildman–Crippen MR) is 52.2 cm³/mol. The average Bonchev–Trinajstić information content (AvgIpc) is 2.28. The first-order valence-corrected chi connectivity index (χ1v) is 4.74. The molecule has 1 fully saturated rings. The molecule has 0 bridgehead atoms. The molecule has 1 aliphatic heterocycles. The summed E-state index contributed by atoms with van der Waals surface area (Å²) in [6, 6.07) is 0. The van der Waals surface area contributed by atoms with E-state index >= 15 is 0 Å². The van der Waals surface area contributed by atoms with Crippen molar-refractivity contribution in [3.63, 3.8) is 0 Å². The fraction of sp³-hybridized carbons (Fsp3) is 0.889. The van der Waals surface area contributed by atoms with E-state index in [-0.39, 0.29) is 0 Å². The normalized spacial score (nSPS) is 19.7. The molecule has 0 spiro atoms. The van der Waals surface area contributed by atoms with Crippen molar-refractivity contribution in [2.24, 2.45) is 5.10 Å². The Morgan fingerprint density at radius 1 is 1.08 bits per heavy atom. The zero-order valence-electron chi connectivity index (χ0n) is 8.16. The topological polar surface area (TPSA) is 18.8 Å². The molecule has 0 aromatic rings. The van der Waals surface area contributed by atoms with Crippen LogP contribution in [-0.4, -0.2) is 43.4 Å². The molecule has 0 aromatic heterocycles. The van der Waals surface area contributed by atoms with E-state index < -0.39 is 0 Å². The molecule has 1 heterocycles. The largest absolute Gasteiger partial charge is 0.367 e. The van der Waals surface area contributed by atoms with Gasteiger partial charge in [-0.3, -0.25) is 5.01 Å². The van der Waals surface area contributed by atoms with E-state index in [1.165, 1.54) is 25.7 Å². The van der Waals surface area contributed by atoms with E-state index in [2.05, 4.69) is 10.1 Å². The van der Waals surface area contributed by atoms with Crippen LogP contribution in [0.2, 0.25) is 0 Å². The third-order valence-corrected chi connectivity index (χ3v) is 2.03. The van der Waals surface area contributed by atoms with Gasteiger partial charge in [0.15, 0.2) is 0 Å². The molecule has 0 radical (unpaired) electrons. The first-order valence-electron chi connectivity index (χ1n) is 4.74. The minimum Gasteiger partial charge on any atom is -0.367 e. The second-order valence-electron chi connectivity index (χ2n) is 3.56. The summed E-state index contributed by atoms with van der Waals surface area (Å²) in [6.07, 6.45) is 7.21. The molecule has 12 heavy (non-hydrogen) atoms. The molecule has 0 aliphatic carbocycles. The van der Waals surface area contributed by atoms with E-state index in [0.29, 0.717) is 0 Å². The summed E-state index contributed by atoms with van der Waals surface area (Å²) in [7, 11) is 4.00. The third kappa shape index (κ3) is 3.60. The highest BCUT2D eigenvalue weighted by Crippen LogP contribution is 2.09. The Morgan fingerprint density at radius 3 is 2.17 bits per heavy atom. The van der Waals surface area contributed by atoms with Crippen molar-refractivity contribution in [2.75, 3.05) is 27.2 Å². The Morgan fingerprint density at radius 2 is 1.67 bits per heavy atom. The summed E-state index contributed by atoms with van der Waals surface area (Å²) >= 11 is 0. The Hall–Kier alpha value is -0.730. The highest BCUT2D eigenvalue weighted by molar-refractivity contribution is 5.53. The molecule has 3 heteroatoms. The van der Waals surface area contributed by atoms with Gasteiger partial charge in [0.1, 0.15) is 6.34 Å². The molecule has 1 aliphatic rings. The van der Waals surface area contributed by atoms with E-state index in [1.807, 2.05) is 25.3 Å². The van der Waals surface area contributed by atoms with Crippen LogP contribution in [0.5, 0.6) is 0 Å². The molecule has 1 rings (SSSR count). The van der Waals surface area contributed by atoms with Crippen LogP contribution in [0.1, 0.15) is 25.7 Å². The maximum absolute atomic E-state index is 4.38. The SMILES string of the molecule is CN(C)C=NN1CCCCCC1. The zero-order valence-corrected chi connectivity index (χ0v) is 8.16. The summed E-state index contributed by atoms with van der Waals surface area (Å²) in [5.41, 5.74) is 0. The van der Waals surface area contributed by atoms with E-state index in [9.17, 15) is 0 Å². The monoisotopic (exact) mass is 169 g/mol. The standard InChI is InChI=1S/C9H19N3/c1-11(2)9-10-12-7-5-3-4-6-8-12/h9H,3-8H2,1-2H3. The van der Waals surface area contributed by atoms with Gasteiger partial charge < -0.3 is 4.90 Å². The minimum atomic E-state index is 1.13. The van der Waals surface area contributed by atoms with Gasteiger partial charge in [-0.15, -0.1) is 0 Å². The van der Waals surface area contributed by atoms with Gasteiger partial charge in [-0.25, -0.2) is 0 Å². The van der Waals surface area contributed by atoms with Crippen LogP contribution >= 0.6 is 0 Å². The summed E-state index contributed by atoms with van der Waals surface area (Å²) in [5, 5.41) is 6.55. The second kappa shape index (κ2) is 5.01. The number of nitrogens with zero attached hydrogens (tertiary/aromatic N) is 3. The van der Waals surface area contributed by atoms with Gasteiger partial charge >= 0.3 is 0 Å². The lowest BCUT2D eigenvalue weighted by Gasteiger charge is -2.16. The van der Waals surface area contributed by atoms with Crippen molar-refractivity contribution in [3.05, 3.63) is 0 Å². The molecule has 0 aromatic carbocycles. The molecule has 0 atom stereocenters. The van der Waals surface area contributed by atoms with Crippen molar-refractivity contribution in [1.29, 1.82) is 0 Å². The van der Waals surface area contributed by atoms with Crippen LogP contribution in [-0.2, 0) is 0 Å². The number of rotatable bonds is 2. The van der Waals surface area contributed by atoms with Crippen LogP contribution in [0.4, 0.5) is 0 Å². The Labute approximate surface area is 75.0 Å². The molecule has 3 nitrogen and oxygen atoms in total. The van der Waals surface area contributed by atoms with Crippen LogP contribution in [0.3, 0.4) is 0 Å². The minimum absolute atomic E-state index is 1.13. The summed E-state index contributed by atoms with van der Waals surface area (Å²) < 4.78 is 0. The summed E-state index contributed by atoms with van der Waals surface area (Å²) in [5.74, 6) is 0. The molecular formula is C9H19N3. The second-order valence-corrected chi connectivity index (χ2v) is 3.56. The van der Waals surface area contributed by atoms with Gasteiger partial charge in [-0.2, -0.15) is 5.10 Å². The van der Waals surface area contributed by atoms with Gasteiger partial charge in [0.2, 0.25) is 0 Å². The Bertz CT molecular complexity index is 135. The molecule has 1 saturated heterocycles. The highest BCUT2D eigenvalue weighted by Gasteiger charge is 2.04. The quantitative estimate of drug-likeness (QED) is 0.459. The van der Waals surface area contributed by atoms with Crippen LogP contribution in [0, 0.1) is 0 Å². The smallest absolute Gasteiger partial charge is 0.110 e. The number of hydrogen-bond acceptors (Lipinski definition) is 2. The van der Waals surface area contributed by atoms with Gasteiger partial charge in [0, 0.05) is 27.2 Å². The van der Waals surface area contributed by atoms with Crippen LogP contribution in [0.15, 0.2) is 5.10 Å². The van der Waals surface area contributed by atoms with Crippen LogP contribution < -0.4 is 0 Å². The Kier molecular flexibility index (Phi) is 3.91. The van der Waals surface area contributed by atoms with Crippen molar-refractivity contribution in [2.45, 2.75) is 25.7 Å². The Balaban J connectivity index is 2.29. The zero-order chi connectivity index (χ0) is 8.81. The maximum atomic E-state index is 4.38. The molecular weight excluding hydrogens is 150 g/mol. The maximum Gasteiger partial charge on any atom is 0.110 e. The lowest BCUT2D eigenvalue weighted by Crippen LogP contribution is -2.20. The third-order valence-electron chi connectivity index (χ3n) is 2.03. The van der Waals surface area contributed by atoms with Crippen molar-refractivity contribution in [1.82, 2.24) is 9.91 Å². The van der Waals surface area contributed by atoms with E-state index in [4.69, 9.17) is 0 Å². The number of hydrogen-bond donors (Lipinski definition) is 0. The summed E-state index contributed by atoms with van der Waals surface area (Å²) in [6.45, 7) is 2.26. The van der Waals surface area contributed by atoms with E-state index in [0.717, 1.165) is 13.1 Å². The molecule has 0 saturated carbocycles. The fourth-order valence-corrected chi connectivity index (χ4v) is 1.35. The van der Waals surface area contributed by atoms with Crippen molar-refractivity contribution < 1.29 is 0 Å². The predicted octanol–water partition coefficient (Wildman–Crippen LogP) is 1.37. The van der Waals surface area contributed by atoms with E-state index in [1.54, 1.807) is 0 Å². The fourth-order valence-electron chi connectivity index (χ4n) is 1.35. The molecule has 0 N–H and O–H groups in total. The lowest BCUT2D eigenvalue weighted by molar-refractivity contribution is 0.298. The van der Waals surface area contributed by atoms with Gasteiger partial charge in [-0.1, -0.05) is 12.8 Å². The number of hydrazone groups is 1. The first kappa shape index (κ1) is 9.36. The van der Waals surface area contributed by atoms with Crippen LogP contribution in [0.25, 0.3) is 0 Å². The van der Waals surface area contributed by atoms with Gasteiger partial charge in [0.05, 0.1) is 0 Å². The molecule has 70 valence electrons. The van der Waals surface area contributed by atoms with Crippen molar-refractivity contribution in [3.8, 4) is 0 Å². The summed E-state index contributed by atoms with van der Waals surface area (Å²) in [4.78, 5) is 1.98. The lowest BCUT2D eigenvalue weighted by atomic mass is 10.2. The average molecular weight is 169 g/mol. The van der Waals surface area contributed by atoms with Gasteiger partial charge in [-0.05, 0) is 12.8 Å². The first-order chi connectivity index (χ1) is 5.79.